The lowest BCUT2D eigenvalue weighted by molar-refractivity contribution is -0.146. The summed E-state index contributed by atoms with van der Waals surface area (Å²) < 4.78 is 51.1. The Hall–Kier alpha value is -3.66. The molecule has 43 heavy (non-hydrogen) atoms. The Balaban J connectivity index is 0.000000304. The van der Waals surface area contributed by atoms with Gasteiger partial charge >= 0.3 is 5.97 Å². The van der Waals surface area contributed by atoms with E-state index in [2.05, 4.69) is 41.0 Å². The summed E-state index contributed by atoms with van der Waals surface area (Å²) in [6, 6.07) is 5.89. The van der Waals surface area contributed by atoms with E-state index in [4.69, 9.17) is 24.8 Å². The van der Waals surface area contributed by atoms with Gasteiger partial charge in [0.2, 0.25) is 0 Å². The van der Waals surface area contributed by atoms with Crippen molar-refractivity contribution in [3.63, 3.8) is 0 Å². The SMILES string of the molecule is CC(=O)c1cc2c(ncn2C)c(F)c1Nc1ccc(Br)cc1F.[N-]=[N+]=NCCOCCOCCOCCC(=O)OCCO. The van der Waals surface area contributed by atoms with Crippen molar-refractivity contribution in [3.8, 4) is 0 Å². The van der Waals surface area contributed by atoms with Gasteiger partial charge in [0.1, 0.15) is 17.9 Å². The number of imidazole rings is 1. The number of fused-ring (bicyclic) bond motifs is 1. The van der Waals surface area contributed by atoms with Crippen molar-refractivity contribution < 1.29 is 42.4 Å². The Morgan fingerprint density at radius 3 is 2.40 bits per heavy atom. The minimum atomic E-state index is -0.685. The lowest BCUT2D eigenvalue weighted by atomic mass is 10.1. The highest BCUT2D eigenvalue weighted by Gasteiger charge is 2.20. The predicted octanol–water partition coefficient (Wildman–Crippen LogP) is 4.83. The summed E-state index contributed by atoms with van der Waals surface area (Å²) in [4.78, 5) is 29.5. The fourth-order valence-electron chi connectivity index (χ4n) is 3.43. The second kappa shape index (κ2) is 19.5. The molecule has 0 unspecified atom stereocenters. The Morgan fingerprint density at radius 1 is 1.09 bits per heavy atom. The van der Waals surface area contributed by atoms with Crippen molar-refractivity contribution in [2.24, 2.45) is 12.2 Å². The topological polar surface area (TPSA) is 170 Å². The molecule has 0 aliphatic heterocycles. The van der Waals surface area contributed by atoms with E-state index in [-0.39, 0.29) is 54.5 Å². The number of aromatic nitrogens is 2. The van der Waals surface area contributed by atoms with Crippen molar-refractivity contribution in [3.05, 3.63) is 62.7 Å². The number of aliphatic hydroxyl groups excluding tert-OH is 1. The molecule has 1 aromatic heterocycles. The van der Waals surface area contributed by atoms with Crippen LogP contribution in [0, 0.1) is 11.6 Å². The molecule has 0 atom stereocenters. The molecule has 0 fully saturated rings. The fourth-order valence-corrected chi connectivity index (χ4v) is 3.76. The quantitative estimate of drug-likeness (QED) is 0.0510. The molecule has 0 spiro atoms. The lowest BCUT2D eigenvalue weighted by Crippen LogP contribution is -2.13. The second-order valence-electron chi connectivity index (χ2n) is 8.63. The molecule has 0 saturated carbocycles. The molecule has 0 radical (unpaired) electrons. The van der Waals surface area contributed by atoms with Gasteiger partial charge in [0.15, 0.2) is 11.6 Å². The highest BCUT2D eigenvalue weighted by Crippen LogP contribution is 2.32. The number of nitrogens with one attached hydrogen (secondary N) is 1. The summed E-state index contributed by atoms with van der Waals surface area (Å²) in [6.07, 6.45) is 1.62. The maximum absolute atomic E-state index is 14.8. The van der Waals surface area contributed by atoms with Crippen LogP contribution in [-0.4, -0.2) is 85.8 Å². The lowest BCUT2D eigenvalue weighted by Gasteiger charge is -2.13. The molecule has 0 bridgehead atoms. The number of carbonyl (C=O) groups excluding carboxylic acids is 2. The van der Waals surface area contributed by atoms with Crippen molar-refractivity contribution in [2.45, 2.75) is 13.3 Å². The van der Waals surface area contributed by atoms with E-state index < -0.39 is 17.6 Å². The van der Waals surface area contributed by atoms with Crippen LogP contribution in [0.2, 0.25) is 0 Å². The van der Waals surface area contributed by atoms with Crippen molar-refractivity contribution in [1.29, 1.82) is 0 Å². The van der Waals surface area contributed by atoms with Gasteiger partial charge in [-0.25, -0.2) is 13.8 Å². The zero-order chi connectivity index (χ0) is 31.6. The van der Waals surface area contributed by atoms with Crippen molar-refractivity contribution in [1.82, 2.24) is 9.55 Å². The monoisotopic (exact) mass is 670 g/mol. The van der Waals surface area contributed by atoms with Gasteiger partial charge in [-0.3, -0.25) is 9.59 Å². The number of carbonyl (C=O) groups is 2. The van der Waals surface area contributed by atoms with Gasteiger partial charge in [-0.1, -0.05) is 21.0 Å². The van der Waals surface area contributed by atoms with E-state index in [1.807, 2.05) is 0 Å². The normalized spacial score (nSPS) is 10.6. The average molecular weight is 671 g/mol. The molecule has 16 heteroatoms. The molecule has 234 valence electrons. The summed E-state index contributed by atoms with van der Waals surface area (Å²) in [7, 11) is 1.71. The average Bonchev–Trinajstić information content (AvgIpc) is 3.35. The number of hydrogen-bond donors (Lipinski definition) is 2. The molecule has 0 amide bonds. The maximum atomic E-state index is 14.8. The first-order valence-corrected chi connectivity index (χ1v) is 13.9. The van der Waals surface area contributed by atoms with Crippen LogP contribution in [0.1, 0.15) is 23.7 Å². The van der Waals surface area contributed by atoms with Crippen molar-refractivity contribution >= 4 is 50.1 Å². The standard InChI is InChI=1S/C16H12BrF2N3O.C11H21N3O6/c1-8(23)10-6-13-16(20-7-22(13)2)14(19)15(10)21-12-4-3-9(17)5-11(12)18;12-14-13-2-5-18-8-10-19-9-7-17-4-1-11(16)20-6-3-15/h3-7,21H,1-2H3;15H,1-10H2. The molecule has 0 aliphatic carbocycles. The molecule has 13 nitrogen and oxygen atoms in total. The fraction of sp³-hybridized carbons (Fsp3) is 0.444. The van der Waals surface area contributed by atoms with Crippen LogP contribution >= 0.6 is 15.9 Å². The third-order valence-corrected chi connectivity index (χ3v) is 5.97. The van der Waals surface area contributed by atoms with Gasteiger partial charge in [-0.05, 0) is 36.7 Å². The first-order valence-electron chi connectivity index (χ1n) is 13.1. The van der Waals surface area contributed by atoms with E-state index in [0.29, 0.717) is 49.6 Å². The molecule has 3 aromatic rings. The minimum absolute atomic E-state index is 0.0155. The number of azide groups is 1. The highest BCUT2D eigenvalue weighted by molar-refractivity contribution is 9.10. The van der Waals surface area contributed by atoms with E-state index in [1.165, 1.54) is 25.4 Å². The van der Waals surface area contributed by atoms with Crippen LogP contribution in [0.5, 0.6) is 0 Å². The van der Waals surface area contributed by atoms with Crippen molar-refractivity contribution in [2.75, 3.05) is 64.7 Å². The number of Topliss-reactive ketones (excluding diaryl/α,β-unsaturated/α-hetero) is 1. The van der Waals surface area contributed by atoms with Gasteiger partial charge in [0.25, 0.3) is 0 Å². The number of ketones is 1. The van der Waals surface area contributed by atoms with E-state index in [0.717, 1.165) is 0 Å². The number of nitrogens with zero attached hydrogens (tertiary/aromatic N) is 5. The first-order chi connectivity index (χ1) is 20.7. The maximum Gasteiger partial charge on any atom is 0.308 e. The van der Waals surface area contributed by atoms with Crippen LogP contribution < -0.4 is 5.32 Å². The zero-order valence-corrected chi connectivity index (χ0v) is 25.3. The molecule has 1 heterocycles. The minimum Gasteiger partial charge on any atom is -0.463 e. The number of rotatable bonds is 17. The summed E-state index contributed by atoms with van der Waals surface area (Å²) in [5.41, 5.74) is 8.76. The molecule has 0 saturated heterocycles. The second-order valence-corrected chi connectivity index (χ2v) is 9.54. The summed E-state index contributed by atoms with van der Waals surface area (Å²) in [5, 5.41) is 14.4. The Morgan fingerprint density at radius 2 is 1.77 bits per heavy atom. The van der Waals surface area contributed by atoms with E-state index in [1.54, 1.807) is 23.7 Å². The number of aryl methyl sites for hydroxylation is 1. The zero-order valence-electron chi connectivity index (χ0n) is 23.7. The molecular weight excluding hydrogens is 638 g/mol. The Labute approximate surface area is 254 Å². The molecular formula is C27H33BrF2N6O7. The molecule has 2 aromatic carbocycles. The number of benzene rings is 2. The van der Waals surface area contributed by atoms with Crippen LogP contribution in [0.15, 0.2) is 40.2 Å². The van der Waals surface area contributed by atoms with Crippen LogP contribution in [0.25, 0.3) is 21.5 Å². The Kier molecular flexibility index (Phi) is 16.1. The van der Waals surface area contributed by atoms with Gasteiger partial charge in [-0.15, -0.1) is 0 Å². The van der Waals surface area contributed by atoms with Gasteiger partial charge in [-0.2, -0.15) is 0 Å². The molecule has 0 aliphatic rings. The van der Waals surface area contributed by atoms with Gasteiger partial charge in [0, 0.05) is 28.5 Å². The van der Waals surface area contributed by atoms with Crippen LogP contribution in [0.3, 0.4) is 0 Å². The molecule has 2 N–H and O–H groups in total. The van der Waals surface area contributed by atoms with Crippen LogP contribution in [-0.2, 0) is 30.8 Å². The van der Waals surface area contributed by atoms with Gasteiger partial charge in [0.05, 0.1) is 75.9 Å². The number of esters is 1. The largest absolute Gasteiger partial charge is 0.463 e. The third kappa shape index (κ3) is 12.2. The van der Waals surface area contributed by atoms with Gasteiger partial charge < -0.3 is 33.9 Å². The van der Waals surface area contributed by atoms with E-state index >= 15 is 0 Å². The number of ether oxygens (including phenoxy) is 4. The summed E-state index contributed by atoms with van der Waals surface area (Å²) >= 11 is 3.16. The smallest absolute Gasteiger partial charge is 0.308 e. The Bertz CT molecular complexity index is 1400. The van der Waals surface area contributed by atoms with E-state index in [9.17, 15) is 18.4 Å². The number of aliphatic hydroxyl groups is 1. The van der Waals surface area contributed by atoms with Crippen LogP contribution in [0.4, 0.5) is 20.2 Å². The first kappa shape index (κ1) is 35.5. The summed E-state index contributed by atoms with van der Waals surface area (Å²) in [5.74, 6) is -1.97. The molecule has 3 rings (SSSR count). The number of anilines is 2. The third-order valence-electron chi connectivity index (χ3n) is 5.48. The summed E-state index contributed by atoms with van der Waals surface area (Å²) in [6.45, 7) is 3.76. The number of hydrogen-bond acceptors (Lipinski definition) is 10. The predicted molar refractivity (Wildman–Crippen MR) is 157 cm³/mol. The highest BCUT2D eigenvalue weighted by atomic mass is 79.9. The number of halogens is 3.